The van der Waals surface area contributed by atoms with E-state index < -0.39 is 21.8 Å². The van der Waals surface area contributed by atoms with Crippen molar-refractivity contribution < 1.29 is 26.4 Å². The molecular weight excluding hydrogens is 473 g/mol. The minimum Gasteiger partial charge on any atom is -0.369 e. The first-order valence-corrected chi connectivity index (χ1v) is 12.7. The number of nitrogens with one attached hydrogen (secondary N) is 3. The van der Waals surface area contributed by atoms with Gasteiger partial charge in [0, 0.05) is 36.7 Å². The summed E-state index contributed by atoms with van der Waals surface area (Å²) >= 11 is 0. The molecule has 1 atom stereocenters. The van der Waals surface area contributed by atoms with Crippen LogP contribution in [0.3, 0.4) is 0 Å². The average molecular weight is 499 g/mol. The number of amides is 1. The number of alkyl halides is 3. The highest BCUT2D eigenvalue weighted by Gasteiger charge is 2.35. The van der Waals surface area contributed by atoms with Crippen LogP contribution >= 0.6 is 0 Å². The van der Waals surface area contributed by atoms with Gasteiger partial charge < -0.3 is 16.0 Å². The van der Waals surface area contributed by atoms with Gasteiger partial charge in [-0.25, -0.2) is 13.4 Å². The van der Waals surface area contributed by atoms with E-state index in [2.05, 4.69) is 25.9 Å². The van der Waals surface area contributed by atoms with E-state index in [1.165, 1.54) is 4.31 Å². The molecule has 4 rings (SSSR count). The van der Waals surface area contributed by atoms with Gasteiger partial charge in [-0.15, -0.1) is 0 Å². The predicted octanol–water partition coefficient (Wildman–Crippen LogP) is 3.35. The van der Waals surface area contributed by atoms with E-state index in [4.69, 9.17) is 0 Å². The molecule has 0 aliphatic carbocycles. The van der Waals surface area contributed by atoms with Crippen LogP contribution in [-0.2, 0) is 27.4 Å². The summed E-state index contributed by atoms with van der Waals surface area (Å²) in [5.41, 5.74) is 0.984. The molecule has 1 amide bonds. The number of carbonyl (C=O) groups is 1. The zero-order valence-corrected chi connectivity index (χ0v) is 19.3. The monoisotopic (exact) mass is 498 g/mol. The number of anilines is 4. The number of halogens is 3. The molecule has 2 aliphatic rings. The lowest BCUT2D eigenvalue weighted by molar-refractivity contribution is -0.137. The van der Waals surface area contributed by atoms with Crippen LogP contribution < -0.4 is 16.0 Å². The summed E-state index contributed by atoms with van der Waals surface area (Å²) in [6, 6.07) is 4.81. The molecule has 34 heavy (non-hydrogen) atoms. The van der Waals surface area contributed by atoms with Crippen LogP contribution in [0.5, 0.6) is 0 Å². The molecule has 13 heteroatoms. The molecule has 1 aromatic carbocycles. The molecule has 0 saturated carbocycles. The van der Waals surface area contributed by atoms with Crippen molar-refractivity contribution in [3.63, 3.8) is 0 Å². The van der Waals surface area contributed by atoms with E-state index in [0.717, 1.165) is 24.7 Å². The van der Waals surface area contributed by atoms with E-state index >= 15 is 0 Å². The van der Waals surface area contributed by atoms with Crippen LogP contribution in [-0.4, -0.2) is 54.0 Å². The van der Waals surface area contributed by atoms with Gasteiger partial charge in [0.2, 0.25) is 21.9 Å². The van der Waals surface area contributed by atoms with Crippen molar-refractivity contribution in [2.45, 2.75) is 44.3 Å². The van der Waals surface area contributed by atoms with Crippen molar-refractivity contribution in [2.75, 3.05) is 35.3 Å². The van der Waals surface area contributed by atoms with E-state index in [1.807, 2.05) is 0 Å². The molecule has 1 aromatic heterocycles. The summed E-state index contributed by atoms with van der Waals surface area (Å²) in [6.07, 6.45) is 0.0573. The minimum atomic E-state index is -4.66. The summed E-state index contributed by atoms with van der Waals surface area (Å²) in [6.45, 7) is 0.531. The summed E-state index contributed by atoms with van der Waals surface area (Å²) in [7, 11) is -3.39. The Labute approximate surface area is 195 Å². The number of hydrogen-bond acceptors (Lipinski definition) is 7. The van der Waals surface area contributed by atoms with Crippen LogP contribution in [0.15, 0.2) is 24.4 Å². The van der Waals surface area contributed by atoms with Gasteiger partial charge in [-0.3, -0.25) is 4.79 Å². The van der Waals surface area contributed by atoms with Gasteiger partial charge in [0.15, 0.2) is 0 Å². The number of sulfonamides is 1. The highest BCUT2D eigenvalue weighted by atomic mass is 32.2. The van der Waals surface area contributed by atoms with Gasteiger partial charge in [-0.2, -0.15) is 22.5 Å². The number of benzene rings is 1. The van der Waals surface area contributed by atoms with E-state index in [-0.39, 0.29) is 36.7 Å². The number of carbonyl (C=O) groups excluding carboxylic acids is 1. The molecule has 3 N–H and O–H groups in total. The third-order valence-electron chi connectivity index (χ3n) is 5.85. The predicted molar refractivity (Wildman–Crippen MR) is 121 cm³/mol. The fourth-order valence-corrected chi connectivity index (χ4v) is 5.49. The highest BCUT2D eigenvalue weighted by Crippen LogP contribution is 2.35. The van der Waals surface area contributed by atoms with Crippen molar-refractivity contribution >= 4 is 39.1 Å². The first kappa shape index (κ1) is 24.2. The van der Waals surface area contributed by atoms with Crippen LogP contribution in [0, 0.1) is 0 Å². The summed E-state index contributed by atoms with van der Waals surface area (Å²) in [5.74, 6) is -0.551. The fraction of sp³-hybridized carbons (Fsp3) is 0.476. The molecule has 3 heterocycles. The second-order valence-corrected chi connectivity index (χ2v) is 10.3. The maximum Gasteiger partial charge on any atom is 0.421 e. The lowest BCUT2D eigenvalue weighted by Crippen LogP contribution is -2.43. The molecule has 1 saturated heterocycles. The molecule has 0 radical (unpaired) electrons. The Bertz CT molecular complexity index is 1190. The summed E-state index contributed by atoms with van der Waals surface area (Å²) in [5, 5.41) is 8.31. The lowest BCUT2D eigenvalue weighted by Gasteiger charge is -2.33. The van der Waals surface area contributed by atoms with Crippen molar-refractivity contribution in [3.8, 4) is 0 Å². The quantitative estimate of drug-likeness (QED) is 0.536. The van der Waals surface area contributed by atoms with Gasteiger partial charge in [-0.1, -0.05) is 6.42 Å². The minimum absolute atomic E-state index is 0.0387. The molecular formula is C21H25F3N6O3S. The topological polar surface area (TPSA) is 116 Å². The molecule has 2 aliphatic heterocycles. The largest absolute Gasteiger partial charge is 0.421 e. The van der Waals surface area contributed by atoms with E-state index in [1.54, 1.807) is 18.2 Å². The molecule has 0 bridgehead atoms. The van der Waals surface area contributed by atoms with Crippen molar-refractivity contribution in [3.05, 3.63) is 35.5 Å². The van der Waals surface area contributed by atoms with E-state index in [9.17, 15) is 26.4 Å². The maximum atomic E-state index is 13.5. The second-order valence-electron chi connectivity index (χ2n) is 8.41. The molecule has 0 spiro atoms. The van der Waals surface area contributed by atoms with Crippen molar-refractivity contribution in [1.82, 2.24) is 14.3 Å². The Balaban J connectivity index is 1.49. The number of rotatable bonds is 7. The average Bonchev–Trinajstić information content (AvgIpc) is 3.12. The zero-order valence-electron chi connectivity index (χ0n) is 18.4. The summed E-state index contributed by atoms with van der Waals surface area (Å²) in [4.78, 5) is 19.4. The number of aromatic nitrogens is 2. The van der Waals surface area contributed by atoms with Gasteiger partial charge in [0.25, 0.3) is 0 Å². The maximum absolute atomic E-state index is 13.5. The lowest BCUT2D eigenvalue weighted by atomic mass is 10.0. The molecule has 184 valence electrons. The molecule has 1 fully saturated rings. The van der Waals surface area contributed by atoms with E-state index in [0.29, 0.717) is 37.0 Å². The van der Waals surface area contributed by atoms with Crippen LogP contribution in [0.4, 0.5) is 36.3 Å². The van der Waals surface area contributed by atoms with Crippen LogP contribution in [0.25, 0.3) is 0 Å². The Morgan fingerprint density at radius 2 is 2.06 bits per heavy atom. The number of fused-ring (bicyclic) bond motifs is 1. The van der Waals surface area contributed by atoms with Gasteiger partial charge in [-0.05, 0) is 43.0 Å². The fourth-order valence-electron chi connectivity index (χ4n) is 4.28. The number of piperidine rings is 1. The van der Waals surface area contributed by atoms with Crippen LogP contribution in [0.2, 0.25) is 0 Å². The number of nitrogens with zero attached hydrogens (tertiary/aromatic N) is 3. The third kappa shape index (κ3) is 5.58. The van der Waals surface area contributed by atoms with Gasteiger partial charge >= 0.3 is 6.18 Å². The third-order valence-corrected chi connectivity index (χ3v) is 7.18. The Hall–Kier alpha value is -2.93. The summed E-state index contributed by atoms with van der Waals surface area (Å²) < 4.78 is 66.1. The molecule has 0 unspecified atom stereocenters. The zero-order chi connectivity index (χ0) is 24.5. The van der Waals surface area contributed by atoms with Gasteiger partial charge in [0.05, 0.1) is 12.7 Å². The highest BCUT2D eigenvalue weighted by molar-refractivity contribution is 7.88. The van der Waals surface area contributed by atoms with Crippen LogP contribution in [0.1, 0.15) is 36.8 Å². The molecule has 2 aromatic rings. The smallest absolute Gasteiger partial charge is 0.369 e. The Kier molecular flexibility index (Phi) is 6.67. The first-order chi connectivity index (χ1) is 16.0. The van der Waals surface area contributed by atoms with Crippen molar-refractivity contribution in [1.29, 1.82) is 0 Å². The second kappa shape index (κ2) is 9.37. The SMILES string of the molecule is CS(=O)(=O)N1CCCC[C@@H]1CCNc1nc(Nc2ccc3c(c2)CC(=O)N3)ncc1C(F)(F)F. The number of hydrogen-bond donors (Lipinski definition) is 3. The normalized spacial score (nSPS) is 18.9. The Morgan fingerprint density at radius 3 is 2.79 bits per heavy atom. The van der Waals surface area contributed by atoms with Crippen molar-refractivity contribution in [2.24, 2.45) is 0 Å². The first-order valence-electron chi connectivity index (χ1n) is 10.9. The standard InChI is InChI=1S/C21H25F3N6O3S/c1-34(32,33)30-9-3-2-4-15(30)7-8-25-19-16(21(22,23)24)12-26-20(29-19)27-14-5-6-17-13(10-14)11-18(31)28-17/h5-6,10,12,15H,2-4,7-9,11H2,1H3,(H,28,31)(H2,25,26,27,29)/t15-/m1/s1. The Morgan fingerprint density at radius 1 is 1.26 bits per heavy atom. The van der Waals surface area contributed by atoms with Gasteiger partial charge in [0.1, 0.15) is 11.4 Å². The molecule has 9 nitrogen and oxygen atoms in total.